The third-order valence-electron chi connectivity index (χ3n) is 4.17. The second-order valence-electron chi connectivity index (χ2n) is 5.87. The Morgan fingerprint density at radius 2 is 1.76 bits per heavy atom. The van der Waals surface area contributed by atoms with Crippen molar-refractivity contribution in [2.75, 3.05) is 24.4 Å². The number of rotatable bonds is 5. The number of anilines is 2. The van der Waals surface area contributed by atoms with E-state index in [1.807, 2.05) is 31.2 Å². The van der Waals surface area contributed by atoms with Gasteiger partial charge in [0.15, 0.2) is 0 Å². The Hall–Kier alpha value is -3.02. The van der Waals surface area contributed by atoms with E-state index in [2.05, 4.69) is 5.32 Å². The average molecular weight is 340 g/mol. The number of nitrogens with one attached hydrogen (secondary N) is 1. The van der Waals surface area contributed by atoms with Crippen LogP contribution in [0.15, 0.2) is 42.5 Å². The van der Waals surface area contributed by atoms with Crippen LogP contribution in [0.25, 0.3) is 0 Å². The van der Waals surface area contributed by atoms with E-state index in [4.69, 9.17) is 9.47 Å². The van der Waals surface area contributed by atoms with E-state index in [-0.39, 0.29) is 18.2 Å². The Morgan fingerprint density at radius 3 is 2.40 bits per heavy atom. The number of hydrogen-bond donors (Lipinski definition) is 1. The van der Waals surface area contributed by atoms with Gasteiger partial charge in [0.1, 0.15) is 17.5 Å². The maximum absolute atomic E-state index is 12.8. The molecule has 0 aromatic heterocycles. The van der Waals surface area contributed by atoms with Crippen LogP contribution in [0, 0.1) is 6.92 Å². The van der Waals surface area contributed by atoms with E-state index in [1.165, 1.54) is 12.0 Å². The quantitative estimate of drug-likeness (QED) is 0.848. The number of benzene rings is 2. The Labute approximate surface area is 146 Å². The van der Waals surface area contributed by atoms with Gasteiger partial charge in [-0.05, 0) is 31.2 Å². The monoisotopic (exact) mass is 340 g/mol. The summed E-state index contributed by atoms with van der Waals surface area (Å²) in [6.45, 7) is 1.99. The molecule has 6 nitrogen and oxygen atoms in total. The topological polar surface area (TPSA) is 67.9 Å². The lowest BCUT2D eigenvalue weighted by Gasteiger charge is -2.19. The molecule has 0 spiro atoms. The molecule has 0 saturated carbocycles. The number of carbonyl (C=O) groups excluding carboxylic acids is 2. The largest absolute Gasteiger partial charge is 0.497 e. The summed E-state index contributed by atoms with van der Waals surface area (Å²) in [6.07, 6.45) is 0.0991. The summed E-state index contributed by atoms with van der Waals surface area (Å²) >= 11 is 0. The number of hydrogen-bond acceptors (Lipinski definition) is 5. The normalized spacial score (nSPS) is 16.9. The van der Waals surface area contributed by atoms with Crippen LogP contribution >= 0.6 is 0 Å². The molecule has 0 aliphatic carbocycles. The van der Waals surface area contributed by atoms with Crippen molar-refractivity contribution in [2.24, 2.45) is 0 Å². The molecule has 1 aliphatic rings. The molecule has 130 valence electrons. The predicted molar refractivity (Wildman–Crippen MR) is 95.2 cm³/mol. The van der Waals surface area contributed by atoms with Gasteiger partial charge in [0.25, 0.3) is 5.91 Å². The van der Waals surface area contributed by atoms with E-state index in [0.717, 1.165) is 11.3 Å². The third kappa shape index (κ3) is 3.28. The molecule has 25 heavy (non-hydrogen) atoms. The summed E-state index contributed by atoms with van der Waals surface area (Å²) < 4.78 is 10.5. The van der Waals surface area contributed by atoms with Crippen molar-refractivity contribution < 1.29 is 19.1 Å². The standard InChI is InChI=1S/C19H20N2O4/c1-12-4-6-13(7-5-12)20-15-11-18(22)21(19(15)23)16-9-8-14(24-2)10-17(16)25-3/h4-10,15,20H,11H2,1-3H3/t15-/m1/s1. The van der Waals surface area contributed by atoms with Crippen molar-refractivity contribution in [1.29, 1.82) is 0 Å². The van der Waals surface area contributed by atoms with Crippen LogP contribution in [-0.2, 0) is 9.59 Å². The molecule has 1 N–H and O–H groups in total. The van der Waals surface area contributed by atoms with E-state index in [9.17, 15) is 9.59 Å². The van der Waals surface area contributed by atoms with Crippen molar-refractivity contribution in [2.45, 2.75) is 19.4 Å². The van der Waals surface area contributed by atoms with Crippen molar-refractivity contribution in [1.82, 2.24) is 0 Å². The van der Waals surface area contributed by atoms with Gasteiger partial charge in [0.05, 0.1) is 26.3 Å². The minimum atomic E-state index is -0.595. The Morgan fingerprint density at radius 1 is 1.04 bits per heavy atom. The van der Waals surface area contributed by atoms with Crippen LogP contribution in [0.2, 0.25) is 0 Å². The van der Waals surface area contributed by atoms with Gasteiger partial charge in [0, 0.05) is 11.8 Å². The number of amides is 2. The summed E-state index contributed by atoms with van der Waals surface area (Å²) in [4.78, 5) is 26.4. The Kier molecular flexibility index (Phi) is 4.61. The van der Waals surface area contributed by atoms with Crippen LogP contribution in [0.3, 0.4) is 0 Å². The van der Waals surface area contributed by atoms with Crippen LogP contribution in [0.5, 0.6) is 11.5 Å². The highest BCUT2D eigenvalue weighted by molar-refractivity contribution is 6.23. The molecule has 6 heteroatoms. The lowest BCUT2D eigenvalue weighted by molar-refractivity contribution is -0.121. The van der Waals surface area contributed by atoms with Gasteiger partial charge >= 0.3 is 0 Å². The molecule has 0 radical (unpaired) electrons. The van der Waals surface area contributed by atoms with Crippen molar-refractivity contribution >= 4 is 23.2 Å². The molecular weight excluding hydrogens is 320 g/mol. The summed E-state index contributed by atoms with van der Waals surface area (Å²) in [5.74, 6) is 0.443. The predicted octanol–water partition coefficient (Wildman–Crippen LogP) is 2.76. The number of ether oxygens (including phenoxy) is 2. The minimum Gasteiger partial charge on any atom is -0.497 e. The zero-order valence-electron chi connectivity index (χ0n) is 14.4. The van der Waals surface area contributed by atoms with Gasteiger partial charge in [0.2, 0.25) is 5.91 Å². The first-order valence-corrected chi connectivity index (χ1v) is 7.95. The fourth-order valence-corrected chi connectivity index (χ4v) is 2.82. The second kappa shape index (κ2) is 6.84. The van der Waals surface area contributed by atoms with Crippen LogP contribution in [0.1, 0.15) is 12.0 Å². The zero-order valence-corrected chi connectivity index (χ0v) is 14.4. The highest BCUT2D eigenvalue weighted by atomic mass is 16.5. The molecule has 1 saturated heterocycles. The van der Waals surface area contributed by atoms with Gasteiger partial charge < -0.3 is 14.8 Å². The summed E-state index contributed by atoms with van der Waals surface area (Å²) in [5.41, 5.74) is 2.36. The molecule has 1 atom stereocenters. The molecule has 0 unspecified atom stereocenters. The molecule has 2 aromatic rings. The number of carbonyl (C=O) groups is 2. The van der Waals surface area contributed by atoms with Gasteiger partial charge in [-0.15, -0.1) is 0 Å². The fourth-order valence-electron chi connectivity index (χ4n) is 2.82. The van der Waals surface area contributed by atoms with Crippen LogP contribution in [-0.4, -0.2) is 32.1 Å². The van der Waals surface area contributed by atoms with Crippen LogP contribution < -0.4 is 19.7 Å². The lowest BCUT2D eigenvalue weighted by Crippen LogP contribution is -2.35. The highest BCUT2D eigenvalue weighted by Crippen LogP contribution is 2.35. The smallest absolute Gasteiger partial charge is 0.256 e. The van der Waals surface area contributed by atoms with Crippen molar-refractivity contribution in [3.05, 3.63) is 48.0 Å². The van der Waals surface area contributed by atoms with E-state index >= 15 is 0 Å². The Balaban J connectivity index is 1.85. The molecule has 1 fully saturated rings. The number of nitrogens with zero attached hydrogens (tertiary/aromatic N) is 1. The van der Waals surface area contributed by atoms with Crippen molar-refractivity contribution in [3.63, 3.8) is 0 Å². The third-order valence-corrected chi connectivity index (χ3v) is 4.17. The van der Waals surface area contributed by atoms with Gasteiger partial charge in [-0.3, -0.25) is 9.59 Å². The molecular formula is C19H20N2O4. The van der Waals surface area contributed by atoms with Gasteiger partial charge in [-0.2, -0.15) is 0 Å². The van der Waals surface area contributed by atoms with E-state index in [1.54, 1.807) is 25.3 Å². The SMILES string of the molecule is COc1ccc(N2C(=O)C[C@@H](Nc3ccc(C)cc3)C2=O)c(OC)c1. The lowest BCUT2D eigenvalue weighted by atomic mass is 10.2. The number of aryl methyl sites for hydroxylation is 1. The van der Waals surface area contributed by atoms with Gasteiger partial charge in [-0.25, -0.2) is 4.90 Å². The maximum Gasteiger partial charge on any atom is 0.256 e. The van der Waals surface area contributed by atoms with Crippen LogP contribution in [0.4, 0.5) is 11.4 Å². The molecule has 3 rings (SSSR count). The summed E-state index contributed by atoms with van der Waals surface area (Å²) in [7, 11) is 3.04. The van der Waals surface area contributed by atoms with E-state index in [0.29, 0.717) is 17.2 Å². The summed E-state index contributed by atoms with van der Waals surface area (Å²) in [5, 5.41) is 3.13. The van der Waals surface area contributed by atoms with E-state index < -0.39 is 6.04 Å². The first-order chi connectivity index (χ1) is 12.0. The summed E-state index contributed by atoms with van der Waals surface area (Å²) in [6, 6.07) is 12.1. The molecule has 1 heterocycles. The maximum atomic E-state index is 12.8. The molecule has 1 aliphatic heterocycles. The highest BCUT2D eigenvalue weighted by Gasteiger charge is 2.40. The number of methoxy groups -OCH3 is 2. The zero-order chi connectivity index (χ0) is 18.0. The van der Waals surface area contributed by atoms with Gasteiger partial charge in [-0.1, -0.05) is 17.7 Å². The second-order valence-corrected chi connectivity index (χ2v) is 5.87. The Bertz CT molecular complexity index is 802. The average Bonchev–Trinajstić information content (AvgIpc) is 2.90. The first kappa shape index (κ1) is 16.8. The molecule has 2 amide bonds. The van der Waals surface area contributed by atoms with Crippen molar-refractivity contribution in [3.8, 4) is 11.5 Å². The first-order valence-electron chi connectivity index (χ1n) is 7.95. The number of imide groups is 1. The minimum absolute atomic E-state index is 0.0991. The fraction of sp³-hybridized carbons (Fsp3) is 0.263. The molecule has 2 aromatic carbocycles. The molecule has 0 bridgehead atoms.